The van der Waals surface area contributed by atoms with Gasteiger partial charge in [0.15, 0.2) is 0 Å². The molecule has 1 aromatic heterocycles. The largest absolute Gasteiger partial charge is 0.416 e. The van der Waals surface area contributed by atoms with Gasteiger partial charge >= 0.3 is 6.18 Å². The van der Waals surface area contributed by atoms with Crippen molar-refractivity contribution >= 4 is 29.0 Å². The van der Waals surface area contributed by atoms with Crippen LogP contribution in [0.5, 0.6) is 0 Å². The van der Waals surface area contributed by atoms with Crippen molar-refractivity contribution in [2.24, 2.45) is 0 Å². The van der Waals surface area contributed by atoms with Crippen LogP contribution in [0, 0.1) is 6.92 Å². The molecular weight excluding hydrogens is 453 g/mol. The molecule has 1 aliphatic heterocycles. The highest BCUT2D eigenvalue weighted by atomic mass is 32.2. The van der Waals surface area contributed by atoms with Gasteiger partial charge < -0.3 is 14.6 Å². The average Bonchev–Trinajstić information content (AvgIpc) is 3.27. The van der Waals surface area contributed by atoms with Crippen LogP contribution in [0.1, 0.15) is 30.4 Å². The number of halogens is 3. The number of thioether (sulfide) groups is 1. The number of hydrogen-bond donors (Lipinski definition) is 1. The molecule has 1 aliphatic rings. The van der Waals surface area contributed by atoms with Gasteiger partial charge in [-0.05, 0) is 56.5 Å². The molecule has 1 N–H and O–H groups in total. The minimum atomic E-state index is -4.50. The summed E-state index contributed by atoms with van der Waals surface area (Å²) in [5, 5.41) is 10.8. The van der Waals surface area contributed by atoms with Crippen LogP contribution in [0.15, 0.2) is 52.1 Å². The summed E-state index contributed by atoms with van der Waals surface area (Å²) in [7, 11) is 0. The maximum Gasteiger partial charge on any atom is 0.416 e. The SMILES string of the molecule is Cc1cccc(-c2nnc(SCC(=O)Nc3cc(C(F)(F)F)ccc3N3CCCCC3)o2)c1. The maximum atomic E-state index is 13.3. The summed E-state index contributed by atoms with van der Waals surface area (Å²) >= 11 is 1.03. The third kappa shape index (κ3) is 5.87. The average molecular weight is 477 g/mol. The quantitative estimate of drug-likeness (QED) is 0.455. The molecule has 0 bridgehead atoms. The van der Waals surface area contributed by atoms with Crippen LogP contribution >= 0.6 is 11.8 Å². The Hall–Kier alpha value is -3.01. The fourth-order valence-electron chi connectivity index (χ4n) is 3.70. The molecule has 6 nitrogen and oxygen atoms in total. The van der Waals surface area contributed by atoms with Crippen LogP contribution in [0.2, 0.25) is 0 Å². The Labute approximate surface area is 193 Å². The van der Waals surface area contributed by atoms with Crippen molar-refractivity contribution in [1.82, 2.24) is 10.2 Å². The molecule has 0 spiro atoms. The zero-order valence-corrected chi connectivity index (χ0v) is 18.8. The third-order valence-electron chi connectivity index (χ3n) is 5.29. The zero-order chi connectivity index (χ0) is 23.4. The van der Waals surface area contributed by atoms with E-state index in [1.807, 2.05) is 36.1 Å². The first-order chi connectivity index (χ1) is 15.8. The highest BCUT2D eigenvalue weighted by molar-refractivity contribution is 7.99. The molecule has 0 unspecified atom stereocenters. The lowest BCUT2D eigenvalue weighted by atomic mass is 10.1. The number of aromatic nitrogens is 2. The van der Waals surface area contributed by atoms with E-state index in [4.69, 9.17) is 4.42 Å². The van der Waals surface area contributed by atoms with Gasteiger partial charge in [0.2, 0.25) is 11.8 Å². The van der Waals surface area contributed by atoms with E-state index in [0.717, 1.165) is 67.4 Å². The first kappa shape index (κ1) is 23.2. The second kappa shape index (κ2) is 9.86. The number of rotatable bonds is 6. The Morgan fingerprint density at radius 2 is 1.91 bits per heavy atom. The minimum absolute atomic E-state index is 0.0782. The monoisotopic (exact) mass is 476 g/mol. The Morgan fingerprint density at radius 3 is 2.64 bits per heavy atom. The second-order valence-corrected chi connectivity index (χ2v) is 8.78. The molecule has 0 saturated carbocycles. The van der Waals surface area contributed by atoms with E-state index in [1.54, 1.807) is 0 Å². The van der Waals surface area contributed by atoms with E-state index in [9.17, 15) is 18.0 Å². The first-order valence-electron chi connectivity index (χ1n) is 10.6. The summed E-state index contributed by atoms with van der Waals surface area (Å²) in [6, 6.07) is 11.1. The number of alkyl halides is 3. The van der Waals surface area contributed by atoms with Crippen molar-refractivity contribution in [3.05, 3.63) is 53.6 Å². The molecule has 174 valence electrons. The lowest BCUT2D eigenvalue weighted by molar-refractivity contribution is -0.137. The van der Waals surface area contributed by atoms with E-state index in [2.05, 4.69) is 15.5 Å². The van der Waals surface area contributed by atoms with Crippen LogP contribution < -0.4 is 10.2 Å². The van der Waals surface area contributed by atoms with Gasteiger partial charge in [-0.3, -0.25) is 4.79 Å². The van der Waals surface area contributed by atoms with Crippen molar-refractivity contribution in [3.63, 3.8) is 0 Å². The molecule has 1 saturated heterocycles. The number of carbonyl (C=O) groups excluding carboxylic acids is 1. The molecule has 2 heterocycles. The number of hydrogen-bond acceptors (Lipinski definition) is 6. The van der Waals surface area contributed by atoms with Crippen molar-refractivity contribution < 1.29 is 22.4 Å². The molecule has 4 rings (SSSR count). The molecule has 3 aromatic rings. The maximum absolute atomic E-state index is 13.3. The summed E-state index contributed by atoms with van der Waals surface area (Å²) in [6.07, 6.45) is -1.48. The fourth-order valence-corrected chi connectivity index (χ4v) is 4.26. The summed E-state index contributed by atoms with van der Waals surface area (Å²) in [5.41, 5.74) is 1.77. The summed E-state index contributed by atoms with van der Waals surface area (Å²) in [6.45, 7) is 3.44. The van der Waals surface area contributed by atoms with Crippen molar-refractivity contribution in [3.8, 4) is 11.5 Å². The highest BCUT2D eigenvalue weighted by Gasteiger charge is 2.32. The molecular formula is C23H23F3N4O2S. The van der Waals surface area contributed by atoms with Crippen LogP contribution in [0.4, 0.5) is 24.5 Å². The number of anilines is 2. The topological polar surface area (TPSA) is 71.3 Å². The lowest BCUT2D eigenvalue weighted by Crippen LogP contribution is -2.30. The fraction of sp³-hybridized carbons (Fsp3) is 0.348. The number of aryl methyl sites for hydroxylation is 1. The molecule has 0 radical (unpaired) electrons. The van der Waals surface area contributed by atoms with Crippen molar-refractivity contribution in [2.45, 2.75) is 37.6 Å². The van der Waals surface area contributed by atoms with Gasteiger partial charge in [-0.15, -0.1) is 10.2 Å². The van der Waals surface area contributed by atoms with Gasteiger partial charge in [-0.2, -0.15) is 13.2 Å². The smallest absolute Gasteiger partial charge is 0.411 e. The van der Waals surface area contributed by atoms with Crippen molar-refractivity contribution in [2.75, 3.05) is 29.1 Å². The van der Waals surface area contributed by atoms with E-state index < -0.39 is 17.6 Å². The van der Waals surface area contributed by atoms with Crippen LogP contribution in [-0.4, -0.2) is 34.9 Å². The van der Waals surface area contributed by atoms with Crippen LogP contribution in [-0.2, 0) is 11.0 Å². The van der Waals surface area contributed by atoms with Gasteiger partial charge in [0.05, 0.1) is 22.7 Å². The predicted molar refractivity (Wildman–Crippen MR) is 121 cm³/mol. The van der Waals surface area contributed by atoms with Gasteiger partial charge in [0, 0.05) is 18.7 Å². The van der Waals surface area contributed by atoms with Crippen molar-refractivity contribution in [1.29, 1.82) is 0 Å². The number of carbonyl (C=O) groups is 1. The van der Waals surface area contributed by atoms with Gasteiger partial charge in [-0.25, -0.2) is 0 Å². The molecule has 0 aliphatic carbocycles. The number of nitrogens with one attached hydrogen (secondary N) is 1. The standard InChI is InChI=1S/C23H23F3N4O2S/c1-15-6-5-7-16(12-15)21-28-29-22(32-21)33-14-20(31)27-18-13-17(23(24,25)26)8-9-19(18)30-10-3-2-4-11-30/h5-9,12-13H,2-4,10-11,14H2,1H3,(H,27,31). The van der Waals surface area contributed by atoms with Gasteiger partial charge in [0.25, 0.3) is 5.22 Å². The highest BCUT2D eigenvalue weighted by Crippen LogP contribution is 2.36. The minimum Gasteiger partial charge on any atom is -0.411 e. The number of piperidine rings is 1. The first-order valence-corrected chi connectivity index (χ1v) is 11.6. The Balaban J connectivity index is 1.45. The zero-order valence-electron chi connectivity index (χ0n) is 18.0. The van der Waals surface area contributed by atoms with Gasteiger partial charge in [0.1, 0.15) is 0 Å². The number of amides is 1. The summed E-state index contributed by atoms with van der Waals surface area (Å²) in [4.78, 5) is 14.6. The lowest BCUT2D eigenvalue weighted by Gasteiger charge is -2.31. The Bertz CT molecular complexity index is 1130. The summed E-state index contributed by atoms with van der Waals surface area (Å²) in [5.74, 6) is -0.190. The Kier molecular flexibility index (Phi) is 6.92. The Morgan fingerprint density at radius 1 is 1.12 bits per heavy atom. The molecule has 1 amide bonds. The van der Waals surface area contributed by atoms with E-state index >= 15 is 0 Å². The van der Waals surface area contributed by atoms with Crippen LogP contribution in [0.3, 0.4) is 0 Å². The predicted octanol–water partition coefficient (Wildman–Crippen LogP) is 5.78. The molecule has 33 heavy (non-hydrogen) atoms. The number of nitrogens with zero attached hydrogens (tertiary/aromatic N) is 3. The second-order valence-electron chi connectivity index (χ2n) is 7.86. The molecule has 1 fully saturated rings. The normalized spacial score (nSPS) is 14.4. The molecule has 10 heteroatoms. The molecule has 0 atom stereocenters. The van der Waals surface area contributed by atoms with Crippen LogP contribution in [0.25, 0.3) is 11.5 Å². The van der Waals surface area contributed by atoms with E-state index in [-0.39, 0.29) is 16.7 Å². The number of benzene rings is 2. The molecule has 2 aromatic carbocycles. The van der Waals surface area contributed by atoms with Gasteiger partial charge in [-0.1, -0.05) is 29.5 Å². The summed E-state index contributed by atoms with van der Waals surface area (Å²) < 4.78 is 45.4. The van der Waals surface area contributed by atoms with E-state index in [1.165, 1.54) is 6.07 Å². The van der Waals surface area contributed by atoms with E-state index in [0.29, 0.717) is 11.6 Å². The third-order valence-corrected chi connectivity index (χ3v) is 6.11.